The number of hydrogen-bond donors (Lipinski definition) is 2. The normalized spacial score (nSPS) is 10.5. The van der Waals surface area contributed by atoms with Crippen LogP contribution in [0.5, 0.6) is 0 Å². The Bertz CT molecular complexity index is 980. The summed E-state index contributed by atoms with van der Waals surface area (Å²) in [6.45, 7) is 2.07. The van der Waals surface area contributed by atoms with Gasteiger partial charge in [0.15, 0.2) is 11.6 Å². The first-order valence-corrected chi connectivity index (χ1v) is 8.93. The lowest BCUT2D eigenvalue weighted by atomic mass is 10.1. The zero-order valence-corrected chi connectivity index (χ0v) is 16.0. The van der Waals surface area contributed by atoms with Crippen molar-refractivity contribution in [1.29, 1.82) is 0 Å². The number of halogens is 3. The molecule has 1 aromatic heterocycles. The fourth-order valence-corrected chi connectivity index (χ4v) is 3.02. The molecule has 0 saturated carbocycles. The molecule has 3 aromatic rings. The van der Waals surface area contributed by atoms with Crippen molar-refractivity contribution in [1.82, 2.24) is 10.3 Å². The van der Waals surface area contributed by atoms with E-state index in [1.54, 1.807) is 36.7 Å². The van der Waals surface area contributed by atoms with Gasteiger partial charge in [0.1, 0.15) is 0 Å². The molecule has 27 heavy (non-hydrogen) atoms. The Kier molecular flexibility index (Phi) is 5.81. The predicted molar refractivity (Wildman–Crippen MR) is 104 cm³/mol. The fraction of sp³-hybridized carbons (Fsp3) is 0.100. The predicted octanol–water partition coefficient (Wildman–Crippen LogP) is 5.10. The number of anilines is 2. The lowest BCUT2D eigenvalue weighted by Gasteiger charge is -2.15. The third kappa shape index (κ3) is 4.49. The molecular formula is C20H16BrF2N3O. The summed E-state index contributed by atoms with van der Waals surface area (Å²) < 4.78 is 29.1. The van der Waals surface area contributed by atoms with Crippen LogP contribution in [0, 0.1) is 18.6 Å². The minimum atomic E-state index is -1.10. The fourth-order valence-electron chi connectivity index (χ4n) is 2.54. The van der Waals surface area contributed by atoms with Crippen LogP contribution in [0.4, 0.5) is 20.2 Å². The molecule has 0 bridgehead atoms. The van der Waals surface area contributed by atoms with Gasteiger partial charge in [0.2, 0.25) is 0 Å². The Labute approximate surface area is 163 Å². The molecule has 1 heterocycles. The molecule has 0 radical (unpaired) electrons. The molecule has 0 aliphatic carbocycles. The highest BCUT2D eigenvalue weighted by Crippen LogP contribution is 2.29. The Balaban J connectivity index is 1.89. The van der Waals surface area contributed by atoms with E-state index < -0.39 is 17.5 Å². The van der Waals surface area contributed by atoms with Crippen molar-refractivity contribution in [2.75, 3.05) is 5.32 Å². The highest BCUT2D eigenvalue weighted by Gasteiger charge is 2.19. The smallest absolute Gasteiger partial charge is 0.253 e. The number of aryl methyl sites for hydroxylation is 1. The highest BCUT2D eigenvalue weighted by molar-refractivity contribution is 9.10. The average molecular weight is 432 g/mol. The Morgan fingerprint density at radius 2 is 1.85 bits per heavy atom. The van der Waals surface area contributed by atoms with Crippen LogP contribution in [-0.2, 0) is 6.54 Å². The van der Waals surface area contributed by atoms with Gasteiger partial charge >= 0.3 is 0 Å². The number of carbonyl (C=O) groups excluding carboxylic acids is 1. The van der Waals surface area contributed by atoms with Crippen molar-refractivity contribution in [2.45, 2.75) is 13.5 Å². The highest BCUT2D eigenvalue weighted by atomic mass is 79.9. The molecule has 138 valence electrons. The summed E-state index contributed by atoms with van der Waals surface area (Å²) in [6, 6.07) is 11.1. The third-order valence-electron chi connectivity index (χ3n) is 3.99. The van der Waals surface area contributed by atoms with Gasteiger partial charge in [-0.05, 0) is 60.5 Å². The third-order valence-corrected chi connectivity index (χ3v) is 4.48. The Morgan fingerprint density at radius 1 is 1.11 bits per heavy atom. The molecule has 0 saturated heterocycles. The van der Waals surface area contributed by atoms with Gasteiger partial charge in [0, 0.05) is 29.1 Å². The summed E-state index contributed by atoms with van der Waals surface area (Å²) in [5, 5.41) is 5.56. The standard InChI is InChI=1S/C20H16BrF2N3O/c1-12-10-14(21)2-5-17(12)26-19-15(3-4-16(22)18(19)23)20(27)25-11-13-6-8-24-9-7-13/h2-10,26H,11H2,1H3,(H,25,27). The number of pyridine rings is 1. The van der Waals surface area contributed by atoms with Crippen LogP contribution in [0.2, 0.25) is 0 Å². The minimum absolute atomic E-state index is 0.0188. The first-order chi connectivity index (χ1) is 13.0. The van der Waals surface area contributed by atoms with Crippen molar-refractivity contribution in [3.8, 4) is 0 Å². The van der Waals surface area contributed by atoms with E-state index in [0.717, 1.165) is 21.7 Å². The van der Waals surface area contributed by atoms with Gasteiger partial charge in [-0.15, -0.1) is 0 Å². The topological polar surface area (TPSA) is 54.0 Å². The zero-order chi connectivity index (χ0) is 19.4. The monoisotopic (exact) mass is 431 g/mol. The molecule has 0 spiro atoms. The lowest BCUT2D eigenvalue weighted by Crippen LogP contribution is -2.24. The van der Waals surface area contributed by atoms with Gasteiger partial charge in [0.05, 0.1) is 11.3 Å². The quantitative estimate of drug-likeness (QED) is 0.590. The maximum absolute atomic E-state index is 14.4. The molecule has 0 aliphatic rings. The average Bonchev–Trinajstić information content (AvgIpc) is 2.66. The zero-order valence-electron chi connectivity index (χ0n) is 14.4. The molecule has 4 nitrogen and oxygen atoms in total. The number of amides is 1. The largest absolute Gasteiger partial charge is 0.352 e. The number of hydrogen-bond acceptors (Lipinski definition) is 3. The second kappa shape index (κ2) is 8.26. The van der Waals surface area contributed by atoms with Crippen LogP contribution in [0.3, 0.4) is 0 Å². The summed E-state index contributed by atoms with van der Waals surface area (Å²) in [5.74, 6) is -2.64. The van der Waals surface area contributed by atoms with Crippen LogP contribution < -0.4 is 10.6 Å². The van der Waals surface area contributed by atoms with E-state index in [4.69, 9.17) is 0 Å². The number of benzene rings is 2. The summed E-state index contributed by atoms with van der Waals surface area (Å²) in [7, 11) is 0. The summed E-state index contributed by atoms with van der Waals surface area (Å²) in [4.78, 5) is 16.5. The van der Waals surface area contributed by atoms with Crippen LogP contribution in [0.25, 0.3) is 0 Å². The molecule has 1 amide bonds. The molecule has 3 rings (SSSR count). The molecule has 0 fully saturated rings. The summed E-state index contributed by atoms with van der Waals surface area (Å²) in [6.07, 6.45) is 3.23. The molecule has 0 atom stereocenters. The molecule has 0 aliphatic heterocycles. The van der Waals surface area contributed by atoms with Crippen LogP contribution in [-0.4, -0.2) is 10.9 Å². The number of nitrogens with zero attached hydrogens (tertiary/aromatic N) is 1. The van der Waals surface area contributed by atoms with Crippen LogP contribution >= 0.6 is 15.9 Å². The number of carbonyl (C=O) groups is 1. The molecule has 0 unspecified atom stereocenters. The summed E-state index contributed by atoms with van der Waals surface area (Å²) in [5.41, 5.74) is 2.05. The molecule has 2 aromatic carbocycles. The second-order valence-electron chi connectivity index (χ2n) is 5.91. The second-order valence-corrected chi connectivity index (χ2v) is 6.82. The van der Waals surface area contributed by atoms with Crippen LogP contribution in [0.1, 0.15) is 21.5 Å². The van der Waals surface area contributed by atoms with E-state index in [1.165, 1.54) is 6.07 Å². The minimum Gasteiger partial charge on any atom is -0.352 e. The van der Waals surface area contributed by atoms with Crippen molar-refractivity contribution in [3.63, 3.8) is 0 Å². The van der Waals surface area contributed by atoms with E-state index >= 15 is 0 Å². The van der Waals surface area contributed by atoms with E-state index in [0.29, 0.717) is 5.69 Å². The first-order valence-electron chi connectivity index (χ1n) is 8.14. The number of aromatic nitrogens is 1. The van der Waals surface area contributed by atoms with Gasteiger partial charge in [-0.1, -0.05) is 15.9 Å². The van der Waals surface area contributed by atoms with E-state index in [-0.39, 0.29) is 17.8 Å². The molecular weight excluding hydrogens is 416 g/mol. The number of nitrogens with one attached hydrogen (secondary N) is 2. The van der Waals surface area contributed by atoms with Gasteiger partial charge in [-0.2, -0.15) is 0 Å². The van der Waals surface area contributed by atoms with Crippen molar-refractivity contribution in [3.05, 3.63) is 87.7 Å². The maximum Gasteiger partial charge on any atom is 0.253 e. The Hall–Kier alpha value is -2.80. The van der Waals surface area contributed by atoms with Crippen molar-refractivity contribution >= 4 is 33.2 Å². The maximum atomic E-state index is 14.4. The van der Waals surface area contributed by atoms with Gasteiger partial charge in [-0.3, -0.25) is 9.78 Å². The Morgan fingerprint density at radius 3 is 2.56 bits per heavy atom. The summed E-state index contributed by atoms with van der Waals surface area (Å²) >= 11 is 3.36. The van der Waals surface area contributed by atoms with Crippen LogP contribution in [0.15, 0.2) is 59.3 Å². The molecule has 7 heteroatoms. The van der Waals surface area contributed by atoms with Crippen molar-refractivity contribution in [2.24, 2.45) is 0 Å². The van der Waals surface area contributed by atoms with E-state index in [9.17, 15) is 13.6 Å². The number of rotatable bonds is 5. The van der Waals surface area contributed by atoms with Gasteiger partial charge in [0.25, 0.3) is 5.91 Å². The van der Waals surface area contributed by atoms with Gasteiger partial charge in [-0.25, -0.2) is 8.78 Å². The van der Waals surface area contributed by atoms with Gasteiger partial charge < -0.3 is 10.6 Å². The SMILES string of the molecule is Cc1cc(Br)ccc1Nc1c(C(=O)NCc2ccncc2)ccc(F)c1F. The van der Waals surface area contributed by atoms with E-state index in [1.807, 2.05) is 13.0 Å². The molecule has 2 N–H and O–H groups in total. The first kappa shape index (κ1) is 19.0. The lowest BCUT2D eigenvalue weighted by molar-refractivity contribution is 0.0951. The van der Waals surface area contributed by atoms with Crippen molar-refractivity contribution < 1.29 is 13.6 Å². The van der Waals surface area contributed by atoms with E-state index in [2.05, 4.69) is 31.5 Å².